The maximum absolute atomic E-state index is 12.9. The van der Waals surface area contributed by atoms with Gasteiger partial charge in [0.2, 0.25) is 0 Å². The predicted molar refractivity (Wildman–Crippen MR) is 118 cm³/mol. The van der Waals surface area contributed by atoms with Crippen LogP contribution in [-0.4, -0.2) is 40.3 Å². The molecular weight excluding hydrogens is 435 g/mol. The highest BCUT2D eigenvalue weighted by atomic mass is 32.2. The van der Waals surface area contributed by atoms with E-state index < -0.39 is 15.8 Å². The molecule has 3 aromatic heterocycles. The van der Waals surface area contributed by atoms with Gasteiger partial charge in [-0.1, -0.05) is 0 Å². The zero-order valence-corrected chi connectivity index (χ0v) is 18.1. The van der Waals surface area contributed by atoms with Crippen LogP contribution in [0.1, 0.15) is 28.9 Å². The average Bonchev–Trinajstić information content (AvgIpc) is 3.18. The van der Waals surface area contributed by atoms with E-state index in [1.807, 2.05) is 0 Å². The van der Waals surface area contributed by atoms with Crippen molar-refractivity contribution < 1.29 is 22.7 Å². The number of halogens is 1. The van der Waals surface area contributed by atoms with Gasteiger partial charge in [-0.15, -0.1) is 0 Å². The minimum Gasteiger partial charge on any atom is -0.478 e. The molecule has 0 amide bonds. The number of carbonyl (C=O) groups is 1. The van der Waals surface area contributed by atoms with Crippen LogP contribution in [0.3, 0.4) is 0 Å². The van der Waals surface area contributed by atoms with Crippen LogP contribution in [0.4, 0.5) is 4.39 Å². The van der Waals surface area contributed by atoms with E-state index in [1.165, 1.54) is 30.6 Å². The van der Waals surface area contributed by atoms with E-state index in [1.54, 1.807) is 48.1 Å². The molecule has 1 atom stereocenters. The second kappa shape index (κ2) is 9.25. The quantitative estimate of drug-likeness (QED) is 0.482. The van der Waals surface area contributed by atoms with E-state index in [4.69, 9.17) is 10.8 Å². The van der Waals surface area contributed by atoms with Crippen LogP contribution in [-0.2, 0) is 9.84 Å². The Labute approximate surface area is 184 Å². The standard InChI is InChI=1S/C14H9FN2O2.C8H12N2O2S/c15-9-1-3-10(4-2-9)17-6-5-11-12(14(18)19)7-16-8-13(11)17;1-6(9)7-3-4-10-8(5-7)13(2,11)12/h1-8H,(H,18,19);3-6H,9H2,1-2H3/t;6-/m.0/s1. The van der Waals surface area contributed by atoms with E-state index >= 15 is 0 Å². The first kappa shape index (κ1) is 23.0. The number of nitrogens with zero attached hydrogens (tertiary/aromatic N) is 3. The van der Waals surface area contributed by atoms with Gasteiger partial charge in [0.25, 0.3) is 0 Å². The number of aromatic carboxylic acids is 1. The highest BCUT2D eigenvalue weighted by Crippen LogP contribution is 2.23. The molecule has 4 aromatic rings. The first-order valence-electron chi connectivity index (χ1n) is 9.44. The van der Waals surface area contributed by atoms with Crippen LogP contribution < -0.4 is 5.73 Å². The van der Waals surface area contributed by atoms with Gasteiger partial charge in [-0.05, 0) is 55.0 Å². The van der Waals surface area contributed by atoms with E-state index in [2.05, 4.69) is 9.97 Å². The van der Waals surface area contributed by atoms with Crippen molar-refractivity contribution in [2.45, 2.75) is 18.0 Å². The van der Waals surface area contributed by atoms with Crippen LogP contribution in [0.2, 0.25) is 0 Å². The molecule has 1 aromatic carbocycles. The average molecular weight is 456 g/mol. The number of hydrogen-bond acceptors (Lipinski definition) is 6. The maximum atomic E-state index is 12.9. The zero-order chi connectivity index (χ0) is 23.5. The second-order valence-electron chi connectivity index (χ2n) is 7.08. The first-order chi connectivity index (χ1) is 15.1. The SMILES string of the molecule is C[C@H](N)c1ccnc(S(C)(=O)=O)c1.O=C(O)c1cncc2c1ccn2-c1ccc(F)cc1. The normalized spacial score (nSPS) is 12.1. The molecule has 0 fully saturated rings. The molecule has 0 aliphatic rings. The second-order valence-corrected chi connectivity index (χ2v) is 9.04. The molecule has 4 rings (SSSR count). The fourth-order valence-corrected chi connectivity index (χ4v) is 3.57. The summed E-state index contributed by atoms with van der Waals surface area (Å²) in [4.78, 5) is 18.8. The predicted octanol–water partition coefficient (Wildman–Crippen LogP) is 3.37. The number of hydrogen-bond donors (Lipinski definition) is 2. The summed E-state index contributed by atoms with van der Waals surface area (Å²) < 4.78 is 36.9. The van der Waals surface area contributed by atoms with Crippen molar-refractivity contribution in [1.82, 2.24) is 14.5 Å². The lowest BCUT2D eigenvalue weighted by Gasteiger charge is -2.05. The van der Waals surface area contributed by atoms with E-state index in [-0.39, 0.29) is 22.4 Å². The fourth-order valence-electron chi connectivity index (χ4n) is 2.96. The molecular formula is C22H21FN4O4S. The van der Waals surface area contributed by atoms with Crippen LogP contribution in [0.25, 0.3) is 16.6 Å². The smallest absolute Gasteiger partial charge is 0.337 e. The van der Waals surface area contributed by atoms with Crippen molar-refractivity contribution in [3.63, 3.8) is 0 Å². The largest absolute Gasteiger partial charge is 0.478 e. The van der Waals surface area contributed by atoms with Crippen molar-refractivity contribution in [1.29, 1.82) is 0 Å². The molecule has 0 saturated carbocycles. The van der Waals surface area contributed by atoms with Gasteiger partial charge in [0.15, 0.2) is 14.9 Å². The topological polar surface area (TPSA) is 128 Å². The van der Waals surface area contributed by atoms with Crippen molar-refractivity contribution in [2.24, 2.45) is 5.73 Å². The summed E-state index contributed by atoms with van der Waals surface area (Å²) >= 11 is 0. The molecule has 0 spiro atoms. The highest BCUT2D eigenvalue weighted by molar-refractivity contribution is 7.90. The summed E-state index contributed by atoms with van der Waals surface area (Å²) in [6, 6.07) is 10.7. The van der Waals surface area contributed by atoms with Crippen LogP contribution in [0.5, 0.6) is 0 Å². The monoisotopic (exact) mass is 456 g/mol. The molecule has 166 valence electrons. The first-order valence-corrected chi connectivity index (χ1v) is 11.3. The number of fused-ring (bicyclic) bond motifs is 1. The summed E-state index contributed by atoms with van der Waals surface area (Å²) in [6.45, 7) is 1.79. The Hall–Kier alpha value is -3.63. The molecule has 0 unspecified atom stereocenters. The van der Waals surface area contributed by atoms with E-state index in [9.17, 15) is 17.6 Å². The fraction of sp³-hybridized carbons (Fsp3) is 0.136. The Kier molecular flexibility index (Phi) is 6.66. The maximum Gasteiger partial charge on any atom is 0.337 e. The number of pyridine rings is 2. The number of aromatic nitrogens is 3. The molecule has 0 aliphatic heterocycles. The lowest BCUT2D eigenvalue weighted by molar-refractivity contribution is 0.0698. The van der Waals surface area contributed by atoms with E-state index in [0.717, 1.165) is 17.5 Å². The highest BCUT2D eigenvalue weighted by Gasteiger charge is 2.12. The van der Waals surface area contributed by atoms with Gasteiger partial charge < -0.3 is 15.4 Å². The Morgan fingerprint density at radius 3 is 2.44 bits per heavy atom. The number of rotatable bonds is 4. The third-order valence-corrected chi connectivity index (χ3v) is 5.60. The Morgan fingerprint density at radius 2 is 1.84 bits per heavy atom. The summed E-state index contributed by atoms with van der Waals surface area (Å²) in [7, 11) is -3.23. The Morgan fingerprint density at radius 1 is 1.16 bits per heavy atom. The molecule has 0 radical (unpaired) electrons. The molecule has 3 heterocycles. The third-order valence-electron chi connectivity index (χ3n) is 4.62. The van der Waals surface area contributed by atoms with Gasteiger partial charge in [-0.25, -0.2) is 22.6 Å². The van der Waals surface area contributed by atoms with E-state index in [0.29, 0.717) is 10.9 Å². The third kappa shape index (κ3) is 5.16. The van der Waals surface area contributed by atoms with Gasteiger partial charge in [0.05, 0.1) is 17.3 Å². The molecule has 3 N–H and O–H groups in total. The minimum atomic E-state index is -3.23. The summed E-state index contributed by atoms with van der Waals surface area (Å²) in [6.07, 6.45) is 7.23. The molecule has 32 heavy (non-hydrogen) atoms. The van der Waals surface area contributed by atoms with Gasteiger partial charge in [0, 0.05) is 42.0 Å². The molecule has 10 heteroatoms. The number of benzene rings is 1. The number of carboxylic acid groups (broad SMARTS) is 1. The Balaban J connectivity index is 0.000000195. The lowest BCUT2D eigenvalue weighted by atomic mass is 10.1. The number of sulfone groups is 1. The van der Waals surface area contributed by atoms with Crippen LogP contribution in [0.15, 0.2) is 72.3 Å². The summed E-state index contributed by atoms with van der Waals surface area (Å²) in [5, 5.41) is 9.78. The van der Waals surface area contributed by atoms with Crippen molar-refractivity contribution in [2.75, 3.05) is 6.26 Å². The van der Waals surface area contributed by atoms with Crippen LogP contribution in [0, 0.1) is 5.82 Å². The number of carboxylic acids is 1. The van der Waals surface area contributed by atoms with Gasteiger partial charge >= 0.3 is 5.97 Å². The van der Waals surface area contributed by atoms with Crippen molar-refractivity contribution in [3.8, 4) is 5.69 Å². The molecule has 0 saturated heterocycles. The number of nitrogens with two attached hydrogens (primary N) is 1. The lowest BCUT2D eigenvalue weighted by Crippen LogP contribution is -2.07. The minimum absolute atomic E-state index is 0.0716. The van der Waals surface area contributed by atoms with Gasteiger partial charge in [-0.3, -0.25) is 4.98 Å². The summed E-state index contributed by atoms with van der Waals surface area (Å²) in [5.41, 5.74) is 7.95. The Bertz CT molecular complexity index is 1370. The van der Waals surface area contributed by atoms with Gasteiger partial charge in [-0.2, -0.15) is 0 Å². The molecule has 8 nitrogen and oxygen atoms in total. The summed E-state index contributed by atoms with van der Waals surface area (Å²) in [5.74, 6) is -1.33. The van der Waals surface area contributed by atoms with Crippen molar-refractivity contribution >= 4 is 26.7 Å². The van der Waals surface area contributed by atoms with Gasteiger partial charge in [0.1, 0.15) is 5.82 Å². The van der Waals surface area contributed by atoms with Crippen molar-refractivity contribution in [3.05, 3.63) is 84.2 Å². The zero-order valence-electron chi connectivity index (χ0n) is 17.3. The molecule has 0 aliphatic carbocycles. The molecule has 0 bridgehead atoms. The van der Waals surface area contributed by atoms with Crippen LogP contribution >= 0.6 is 0 Å².